The minimum absolute atomic E-state index is 0.135. The van der Waals surface area contributed by atoms with Crippen LogP contribution in [0, 0.1) is 6.92 Å². The van der Waals surface area contributed by atoms with Crippen molar-refractivity contribution in [3.8, 4) is 0 Å². The molecule has 1 aliphatic rings. The number of hydrogen-bond donors (Lipinski definition) is 1. The summed E-state index contributed by atoms with van der Waals surface area (Å²) in [6.45, 7) is 4.46. The first-order valence-electron chi connectivity index (χ1n) is 6.34. The van der Waals surface area contributed by atoms with Gasteiger partial charge in [-0.3, -0.25) is 0 Å². The van der Waals surface area contributed by atoms with E-state index in [1.807, 2.05) is 13.8 Å². The molecule has 1 aliphatic heterocycles. The van der Waals surface area contributed by atoms with Gasteiger partial charge < -0.3 is 5.73 Å². The summed E-state index contributed by atoms with van der Waals surface area (Å²) in [7, 11) is -3.40. The van der Waals surface area contributed by atoms with Crippen LogP contribution >= 0.6 is 0 Å². The van der Waals surface area contributed by atoms with E-state index in [1.54, 1.807) is 22.5 Å². The topological polar surface area (TPSA) is 63.4 Å². The third kappa shape index (κ3) is 2.24. The average molecular weight is 268 g/mol. The van der Waals surface area contributed by atoms with Crippen LogP contribution in [0.15, 0.2) is 23.1 Å². The zero-order chi connectivity index (χ0) is 13.3. The fourth-order valence-corrected chi connectivity index (χ4v) is 4.58. The van der Waals surface area contributed by atoms with E-state index in [0.29, 0.717) is 17.1 Å². The highest BCUT2D eigenvalue weighted by molar-refractivity contribution is 7.89. The van der Waals surface area contributed by atoms with Crippen LogP contribution in [0.1, 0.15) is 31.7 Å². The Balaban J connectivity index is 2.45. The van der Waals surface area contributed by atoms with Crippen LogP contribution in [0.25, 0.3) is 0 Å². The summed E-state index contributed by atoms with van der Waals surface area (Å²) < 4.78 is 26.9. The van der Waals surface area contributed by atoms with Gasteiger partial charge in [-0.2, -0.15) is 4.31 Å². The number of aryl methyl sites for hydroxylation is 1. The van der Waals surface area contributed by atoms with E-state index < -0.39 is 10.0 Å². The summed E-state index contributed by atoms with van der Waals surface area (Å²) in [6, 6.07) is 5.20. The molecule has 0 aliphatic carbocycles. The van der Waals surface area contributed by atoms with Crippen LogP contribution in [0.4, 0.5) is 5.69 Å². The zero-order valence-electron chi connectivity index (χ0n) is 10.9. The third-order valence-electron chi connectivity index (χ3n) is 3.59. The van der Waals surface area contributed by atoms with Crippen LogP contribution < -0.4 is 5.73 Å². The molecule has 5 heteroatoms. The highest BCUT2D eigenvalue weighted by Crippen LogP contribution is 2.29. The van der Waals surface area contributed by atoms with Gasteiger partial charge >= 0.3 is 0 Å². The molecule has 0 amide bonds. The summed E-state index contributed by atoms with van der Waals surface area (Å²) in [6.07, 6.45) is 2.76. The van der Waals surface area contributed by atoms with Gasteiger partial charge in [0, 0.05) is 18.3 Å². The van der Waals surface area contributed by atoms with Gasteiger partial charge in [-0.25, -0.2) is 8.42 Å². The Labute approximate surface area is 109 Å². The predicted molar refractivity (Wildman–Crippen MR) is 72.8 cm³/mol. The van der Waals surface area contributed by atoms with Gasteiger partial charge in [0.2, 0.25) is 10.0 Å². The van der Waals surface area contributed by atoms with Gasteiger partial charge in [-0.1, -0.05) is 13.0 Å². The van der Waals surface area contributed by atoms with Gasteiger partial charge in [-0.05, 0) is 43.9 Å². The molecule has 1 unspecified atom stereocenters. The third-order valence-corrected chi connectivity index (χ3v) is 5.69. The molecule has 2 N–H and O–H groups in total. The molecule has 1 heterocycles. The summed E-state index contributed by atoms with van der Waals surface area (Å²) in [5.41, 5.74) is 6.95. The summed E-state index contributed by atoms with van der Waals surface area (Å²) in [5.74, 6) is 0. The van der Waals surface area contributed by atoms with Crippen LogP contribution in [-0.4, -0.2) is 25.3 Å². The minimum Gasteiger partial charge on any atom is -0.399 e. The Kier molecular flexibility index (Phi) is 3.64. The molecule has 18 heavy (non-hydrogen) atoms. The molecule has 4 nitrogen and oxygen atoms in total. The first kappa shape index (κ1) is 13.4. The lowest BCUT2D eigenvalue weighted by Gasteiger charge is -2.24. The standard InChI is InChI=1S/C13H20N2O2S/c1-3-12-5-4-8-15(12)18(16,17)13-9-11(14)7-6-10(13)2/h6-7,9,12H,3-5,8,14H2,1-2H3. The highest BCUT2D eigenvalue weighted by atomic mass is 32.2. The van der Waals surface area contributed by atoms with Gasteiger partial charge in [0.1, 0.15) is 0 Å². The first-order chi connectivity index (χ1) is 8.46. The molecule has 1 aromatic carbocycles. The van der Waals surface area contributed by atoms with Crippen molar-refractivity contribution >= 4 is 15.7 Å². The second kappa shape index (κ2) is 4.90. The fourth-order valence-electron chi connectivity index (χ4n) is 2.55. The highest BCUT2D eigenvalue weighted by Gasteiger charge is 2.34. The largest absolute Gasteiger partial charge is 0.399 e. The van der Waals surface area contributed by atoms with Gasteiger partial charge in [-0.15, -0.1) is 0 Å². The Hall–Kier alpha value is -1.07. The van der Waals surface area contributed by atoms with Crippen molar-refractivity contribution in [1.29, 1.82) is 0 Å². The van der Waals surface area contributed by atoms with Crippen LogP contribution in [-0.2, 0) is 10.0 Å². The first-order valence-corrected chi connectivity index (χ1v) is 7.78. The van der Waals surface area contributed by atoms with E-state index in [-0.39, 0.29) is 6.04 Å². The van der Waals surface area contributed by atoms with E-state index in [1.165, 1.54) is 0 Å². The van der Waals surface area contributed by atoms with Crippen molar-refractivity contribution in [1.82, 2.24) is 4.31 Å². The van der Waals surface area contributed by atoms with Crippen LogP contribution in [0.2, 0.25) is 0 Å². The zero-order valence-corrected chi connectivity index (χ0v) is 11.7. The van der Waals surface area contributed by atoms with Crippen molar-refractivity contribution in [3.05, 3.63) is 23.8 Å². The van der Waals surface area contributed by atoms with Crippen LogP contribution in [0.5, 0.6) is 0 Å². The minimum atomic E-state index is -3.40. The maximum atomic E-state index is 12.6. The van der Waals surface area contributed by atoms with Crippen molar-refractivity contribution < 1.29 is 8.42 Å². The molecule has 0 radical (unpaired) electrons. The second-order valence-corrected chi connectivity index (χ2v) is 6.70. The number of hydrogen-bond acceptors (Lipinski definition) is 3. The Morgan fingerprint density at radius 3 is 2.83 bits per heavy atom. The number of sulfonamides is 1. The molecule has 1 aromatic rings. The Bertz CT molecular complexity index is 540. The van der Waals surface area contributed by atoms with E-state index >= 15 is 0 Å². The van der Waals surface area contributed by atoms with E-state index in [0.717, 1.165) is 24.8 Å². The van der Waals surface area contributed by atoms with Crippen molar-refractivity contribution in [2.45, 2.75) is 44.0 Å². The second-order valence-electron chi connectivity index (χ2n) is 4.84. The number of benzene rings is 1. The number of nitrogen functional groups attached to an aromatic ring is 1. The van der Waals surface area contributed by atoms with Crippen LogP contribution in [0.3, 0.4) is 0 Å². The summed E-state index contributed by atoms with van der Waals surface area (Å²) >= 11 is 0. The summed E-state index contributed by atoms with van der Waals surface area (Å²) in [5, 5.41) is 0. The molecular weight excluding hydrogens is 248 g/mol. The number of rotatable bonds is 3. The van der Waals surface area contributed by atoms with Crippen molar-refractivity contribution in [2.24, 2.45) is 0 Å². The Morgan fingerprint density at radius 1 is 1.44 bits per heavy atom. The smallest absolute Gasteiger partial charge is 0.243 e. The number of nitrogens with zero attached hydrogens (tertiary/aromatic N) is 1. The molecule has 100 valence electrons. The van der Waals surface area contributed by atoms with Crippen molar-refractivity contribution in [3.63, 3.8) is 0 Å². The average Bonchev–Trinajstić information content (AvgIpc) is 2.81. The quantitative estimate of drug-likeness (QED) is 0.854. The Morgan fingerprint density at radius 2 is 2.17 bits per heavy atom. The molecule has 0 bridgehead atoms. The molecule has 0 spiro atoms. The predicted octanol–water partition coefficient (Wildman–Crippen LogP) is 2.14. The summed E-state index contributed by atoms with van der Waals surface area (Å²) in [4.78, 5) is 0.350. The van der Waals surface area contributed by atoms with Gasteiger partial charge in [0.05, 0.1) is 4.90 Å². The molecule has 0 saturated carbocycles. The maximum Gasteiger partial charge on any atom is 0.243 e. The lowest BCUT2D eigenvalue weighted by molar-refractivity contribution is 0.379. The van der Waals surface area contributed by atoms with Crippen molar-refractivity contribution in [2.75, 3.05) is 12.3 Å². The molecule has 2 rings (SSSR count). The number of nitrogens with two attached hydrogens (primary N) is 1. The van der Waals surface area contributed by atoms with E-state index in [9.17, 15) is 8.42 Å². The molecular formula is C13H20N2O2S. The SMILES string of the molecule is CCC1CCCN1S(=O)(=O)c1cc(N)ccc1C. The lowest BCUT2D eigenvalue weighted by atomic mass is 10.2. The van der Waals surface area contributed by atoms with E-state index in [4.69, 9.17) is 5.73 Å². The van der Waals surface area contributed by atoms with E-state index in [2.05, 4.69) is 0 Å². The van der Waals surface area contributed by atoms with Gasteiger partial charge in [0.25, 0.3) is 0 Å². The molecule has 0 aromatic heterocycles. The number of anilines is 1. The molecule has 1 saturated heterocycles. The molecule has 1 atom stereocenters. The fraction of sp³-hybridized carbons (Fsp3) is 0.538. The molecule has 1 fully saturated rings. The maximum absolute atomic E-state index is 12.6. The van der Waals surface area contributed by atoms with Gasteiger partial charge in [0.15, 0.2) is 0 Å². The normalized spacial score (nSPS) is 21.3. The monoisotopic (exact) mass is 268 g/mol. The lowest BCUT2D eigenvalue weighted by Crippen LogP contribution is -2.35.